The minimum absolute atomic E-state index is 0.641. The SMILES string of the molecule is CCCCCCOc1c2cc(Cn3cc[n+](C)c3)cc1Cc1cc(Cn3cc[n+](C)c3)cc(c1OCCCCCC)Cc1cc(Cn3cc[n+](C)c3)cc(c1OCCCCCC)Cc1cc(Cn3cc[n+](C)c3)cc(c1OCCCCCC)C2. The molecule has 0 saturated carbocycles. The summed E-state index contributed by atoms with van der Waals surface area (Å²) in [4.78, 5) is 0. The number of rotatable bonds is 32. The lowest BCUT2D eigenvalue weighted by Crippen LogP contribution is -2.23. The van der Waals surface area contributed by atoms with Gasteiger partial charge >= 0.3 is 0 Å². The number of aromatic nitrogens is 8. The minimum Gasteiger partial charge on any atom is -0.493 e. The van der Waals surface area contributed by atoms with Crippen molar-refractivity contribution in [3.8, 4) is 23.0 Å². The molecule has 4 heterocycles. The zero-order chi connectivity index (χ0) is 58.6. The summed E-state index contributed by atoms with van der Waals surface area (Å²) in [5, 5.41) is 0. The smallest absolute Gasteiger partial charge is 0.243 e. The van der Waals surface area contributed by atoms with Crippen LogP contribution in [0.3, 0.4) is 0 Å². The van der Waals surface area contributed by atoms with Crippen LogP contribution in [0.15, 0.2) is 123 Å². The number of aryl methyl sites for hydroxylation is 4. The Morgan fingerprint density at radius 3 is 0.667 bits per heavy atom. The van der Waals surface area contributed by atoms with Crippen LogP contribution >= 0.6 is 0 Å². The predicted molar refractivity (Wildman–Crippen MR) is 334 cm³/mol. The van der Waals surface area contributed by atoms with Crippen LogP contribution in [-0.2, 0) is 80.1 Å². The first kappa shape index (κ1) is 61.5. The largest absolute Gasteiger partial charge is 0.493 e. The van der Waals surface area contributed by atoms with Gasteiger partial charge in [-0.25, -0.2) is 36.5 Å². The van der Waals surface area contributed by atoms with Crippen LogP contribution < -0.4 is 37.2 Å². The van der Waals surface area contributed by atoms with Crippen molar-refractivity contribution < 1.29 is 37.2 Å². The van der Waals surface area contributed by atoms with Crippen LogP contribution in [-0.4, -0.2) is 44.7 Å². The molecule has 448 valence electrons. The standard InChI is InChI=1S/C72H100N8O4/c1-9-13-17-21-33-81-69-61-37-57(49-77-29-25-73(5)53-77)38-62(69)46-64-40-59(51-79-31-27-75(7)55-79)42-66(71(64)83-35-23-19-15-11-3)48-68-44-60(52-80-32-28-76(8)56-80)43-67(72(68)84-36-24-20-16-12-4)47-65-41-58(50-78-30-26-74(6)54-78)39-63(45-61)70(65)82-34-22-18-14-10-2/h25-32,37-44,53-56H,9-24,33-36,45-52H2,1-8H3/q+4. The van der Waals surface area contributed by atoms with Gasteiger partial charge in [0.25, 0.3) is 0 Å². The number of unbranched alkanes of at least 4 members (excludes halogenated alkanes) is 12. The first-order chi connectivity index (χ1) is 41.0. The van der Waals surface area contributed by atoms with E-state index in [0.717, 1.165) is 101 Å². The van der Waals surface area contributed by atoms with E-state index in [9.17, 15) is 0 Å². The van der Waals surface area contributed by atoms with E-state index in [0.29, 0.717) is 52.1 Å². The van der Waals surface area contributed by atoms with Gasteiger partial charge in [-0.1, -0.05) is 105 Å². The van der Waals surface area contributed by atoms with Crippen LogP contribution in [0.2, 0.25) is 0 Å². The van der Waals surface area contributed by atoms with Crippen LogP contribution in [0.1, 0.15) is 197 Å². The maximum Gasteiger partial charge on any atom is 0.243 e. The molecule has 0 unspecified atom stereocenters. The highest BCUT2D eigenvalue weighted by Crippen LogP contribution is 2.42. The number of ether oxygens (including phenoxy) is 4. The molecule has 0 N–H and O–H groups in total. The molecule has 4 aromatic carbocycles. The van der Waals surface area contributed by atoms with Crippen molar-refractivity contribution in [2.24, 2.45) is 28.2 Å². The van der Waals surface area contributed by atoms with Gasteiger partial charge in [-0.2, -0.15) is 0 Å². The number of hydrogen-bond acceptors (Lipinski definition) is 4. The first-order valence-electron chi connectivity index (χ1n) is 32.2. The van der Waals surface area contributed by atoms with E-state index in [1.54, 1.807) is 0 Å². The van der Waals surface area contributed by atoms with Gasteiger partial charge < -0.3 is 18.9 Å². The first-order valence-corrected chi connectivity index (χ1v) is 32.2. The second-order valence-electron chi connectivity index (χ2n) is 24.3. The molecule has 0 saturated heterocycles. The Balaban J connectivity index is 1.33. The number of imidazole rings is 4. The van der Waals surface area contributed by atoms with Gasteiger partial charge in [-0.15, -0.1) is 0 Å². The third kappa shape index (κ3) is 17.5. The molecular formula is C72H100N8O4+4. The molecule has 0 fully saturated rings. The molecule has 8 bridgehead atoms. The van der Waals surface area contributed by atoms with Crippen molar-refractivity contribution in [1.82, 2.24) is 18.3 Å². The summed E-state index contributed by atoms with van der Waals surface area (Å²) < 4.78 is 47.1. The summed E-state index contributed by atoms with van der Waals surface area (Å²) in [7, 11) is 8.40. The molecule has 0 atom stereocenters. The molecule has 0 radical (unpaired) electrons. The lowest BCUT2D eigenvalue weighted by atomic mass is 9.88. The Labute approximate surface area is 503 Å². The second kappa shape index (κ2) is 31.2. The summed E-state index contributed by atoms with van der Waals surface area (Å²) in [5.41, 5.74) is 14.5. The minimum atomic E-state index is 0.641. The Kier molecular flexibility index (Phi) is 22.8. The quantitative estimate of drug-likeness (QED) is 0.0311. The number of nitrogens with zero attached hydrogens (tertiary/aromatic N) is 8. The van der Waals surface area contributed by atoms with Crippen LogP contribution in [0.25, 0.3) is 0 Å². The van der Waals surface area contributed by atoms with E-state index in [1.807, 2.05) is 0 Å². The van der Waals surface area contributed by atoms with E-state index in [2.05, 4.69) is 216 Å². The normalized spacial score (nSPS) is 12.3. The van der Waals surface area contributed by atoms with Gasteiger partial charge in [0, 0.05) is 25.7 Å². The van der Waals surface area contributed by atoms with Crippen molar-refractivity contribution >= 4 is 0 Å². The topological polar surface area (TPSA) is 72.2 Å². The summed E-state index contributed by atoms with van der Waals surface area (Å²) in [6, 6.07) is 19.5. The third-order valence-electron chi connectivity index (χ3n) is 16.5. The van der Waals surface area contributed by atoms with E-state index >= 15 is 0 Å². The number of hydrogen-bond donors (Lipinski definition) is 0. The molecule has 1 aliphatic rings. The third-order valence-corrected chi connectivity index (χ3v) is 16.5. The highest BCUT2D eigenvalue weighted by molar-refractivity contribution is 5.59. The van der Waals surface area contributed by atoms with Gasteiger partial charge in [0.2, 0.25) is 25.3 Å². The number of fused-ring (bicyclic) bond motifs is 8. The van der Waals surface area contributed by atoms with E-state index in [-0.39, 0.29) is 0 Å². The molecule has 0 spiro atoms. The lowest BCUT2D eigenvalue weighted by molar-refractivity contribution is -0.671. The van der Waals surface area contributed by atoms with Crippen molar-refractivity contribution in [1.29, 1.82) is 0 Å². The molecule has 84 heavy (non-hydrogen) atoms. The summed E-state index contributed by atoms with van der Waals surface area (Å²) in [6.07, 6.45) is 46.6. The second-order valence-corrected chi connectivity index (χ2v) is 24.3. The molecule has 8 aromatic rings. The summed E-state index contributed by atoms with van der Waals surface area (Å²) >= 11 is 0. The van der Waals surface area contributed by atoms with E-state index in [4.69, 9.17) is 18.9 Å². The average Bonchev–Trinajstić information content (AvgIpc) is 3.12. The Morgan fingerprint density at radius 1 is 0.298 bits per heavy atom. The predicted octanol–water partition coefficient (Wildman–Crippen LogP) is 12.9. The van der Waals surface area contributed by atoms with Gasteiger partial charge in [0.15, 0.2) is 0 Å². The highest BCUT2D eigenvalue weighted by Gasteiger charge is 2.26. The fourth-order valence-electron chi connectivity index (χ4n) is 12.3. The van der Waals surface area contributed by atoms with Gasteiger partial charge in [0.05, 0.1) is 54.6 Å². The summed E-state index contributed by atoms with van der Waals surface area (Å²) in [6.45, 7) is 14.7. The van der Waals surface area contributed by atoms with Crippen molar-refractivity contribution in [2.75, 3.05) is 26.4 Å². The maximum atomic E-state index is 7.35. The molecular weight excluding hydrogens is 1040 g/mol. The molecule has 1 aliphatic carbocycles. The fraction of sp³-hybridized carbons (Fsp3) is 0.500. The van der Waals surface area contributed by atoms with Crippen LogP contribution in [0, 0.1) is 0 Å². The monoisotopic (exact) mass is 1140 g/mol. The van der Waals surface area contributed by atoms with Crippen LogP contribution in [0.5, 0.6) is 23.0 Å². The Morgan fingerprint density at radius 2 is 0.500 bits per heavy atom. The number of benzene rings is 4. The van der Waals surface area contributed by atoms with Crippen molar-refractivity contribution in [3.05, 3.63) is 190 Å². The molecule has 9 rings (SSSR count). The van der Waals surface area contributed by atoms with Gasteiger partial charge in [-0.3, -0.25) is 0 Å². The van der Waals surface area contributed by atoms with E-state index in [1.165, 1.54) is 118 Å². The lowest BCUT2D eigenvalue weighted by Gasteiger charge is -2.25. The molecule has 0 aliphatic heterocycles. The summed E-state index contributed by atoms with van der Waals surface area (Å²) in [5.74, 6) is 3.96. The zero-order valence-electron chi connectivity index (χ0n) is 52.6. The average molecular weight is 1140 g/mol. The zero-order valence-corrected chi connectivity index (χ0v) is 52.6. The maximum absolute atomic E-state index is 7.35. The molecule has 12 nitrogen and oxygen atoms in total. The molecule has 12 heteroatoms. The Bertz CT molecular complexity index is 2810. The van der Waals surface area contributed by atoms with Gasteiger partial charge in [-0.05, 0) is 141 Å². The Hall–Kier alpha value is -7.08. The fourth-order valence-corrected chi connectivity index (χ4v) is 12.3. The highest BCUT2D eigenvalue weighted by atomic mass is 16.5. The van der Waals surface area contributed by atoms with Gasteiger partial charge in [0.1, 0.15) is 98.8 Å². The van der Waals surface area contributed by atoms with E-state index < -0.39 is 0 Å². The van der Waals surface area contributed by atoms with Crippen molar-refractivity contribution in [2.45, 2.75) is 182 Å². The van der Waals surface area contributed by atoms with Crippen LogP contribution in [0.4, 0.5) is 0 Å². The molecule has 4 aromatic heterocycles. The molecule has 0 amide bonds. The van der Waals surface area contributed by atoms with Crippen molar-refractivity contribution in [3.63, 3.8) is 0 Å².